The second kappa shape index (κ2) is 10.3. The second-order valence-electron chi connectivity index (χ2n) is 9.35. The Bertz CT molecular complexity index is 761. The molecule has 0 radical (unpaired) electrons. The molecule has 1 aromatic rings. The Balaban J connectivity index is 1.41. The molecular formula is C25H35N3O3. The van der Waals surface area contributed by atoms with Crippen LogP contribution < -0.4 is 5.32 Å². The standard InChI is InChI=1S/C25H35N3O3/c29-23(20-9-5-6-10-20)26-22(25(31)27-15-7-2-8-16-27)19-13-17-28(18-14-19)24(30)21-11-3-1-4-12-21/h1,3-4,11-12,19-20,22H,2,5-10,13-18H2,(H,26,29)/t22-/m0/s1. The maximum Gasteiger partial charge on any atom is 0.253 e. The van der Waals surface area contributed by atoms with E-state index < -0.39 is 6.04 Å². The summed E-state index contributed by atoms with van der Waals surface area (Å²) < 4.78 is 0. The molecular weight excluding hydrogens is 390 g/mol. The van der Waals surface area contributed by atoms with Crippen molar-refractivity contribution in [1.29, 1.82) is 0 Å². The zero-order valence-corrected chi connectivity index (χ0v) is 18.4. The van der Waals surface area contributed by atoms with Gasteiger partial charge in [0.25, 0.3) is 5.91 Å². The third-order valence-electron chi connectivity index (χ3n) is 7.28. The fourth-order valence-electron chi connectivity index (χ4n) is 5.35. The second-order valence-corrected chi connectivity index (χ2v) is 9.35. The highest BCUT2D eigenvalue weighted by Crippen LogP contribution is 2.28. The van der Waals surface area contributed by atoms with Crippen molar-refractivity contribution in [2.75, 3.05) is 26.2 Å². The van der Waals surface area contributed by atoms with E-state index >= 15 is 0 Å². The summed E-state index contributed by atoms with van der Waals surface area (Å²) in [6.45, 7) is 2.84. The van der Waals surface area contributed by atoms with Gasteiger partial charge in [-0.3, -0.25) is 14.4 Å². The predicted molar refractivity (Wildman–Crippen MR) is 119 cm³/mol. The number of nitrogens with zero attached hydrogens (tertiary/aromatic N) is 2. The molecule has 3 aliphatic rings. The summed E-state index contributed by atoms with van der Waals surface area (Å²) in [5, 5.41) is 3.17. The Hall–Kier alpha value is -2.37. The van der Waals surface area contributed by atoms with E-state index in [9.17, 15) is 14.4 Å². The molecule has 2 aliphatic heterocycles. The first-order valence-corrected chi connectivity index (χ1v) is 12.1. The summed E-state index contributed by atoms with van der Waals surface area (Å²) >= 11 is 0. The molecule has 1 saturated carbocycles. The highest BCUT2D eigenvalue weighted by molar-refractivity contribution is 5.94. The van der Waals surface area contributed by atoms with E-state index in [1.54, 1.807) is 0 Å². The van der Waals surface area contributed by atoms with Crippen molar-refractivity contribution in [3.63, 3.8) is 0 Å². The van der Waals surface area contributed by atoms with Gasteiger partial charge in [-0.25, -0.2) is 0 Å². The Morgan fingerprint density at radius 2 is 1.42 bits per heavy atom. The third-order valence-corrected chi connectivity index (χ3v) is 7.28. The van der Waals surface area contributed by atoms with Crippen LogP contribution in [0.1, 0.15) is 68.1 Å². The third kappa shape index (κ3) is 5.28. The van der Waals surface area contributed by atoms with Crippen molar-refractivity contribution >= 4 is 17.7 Å². The largest absolute Gasteiger partial charge is 0.344 e. The van der Waals surface area contributed by atoms with Crippen molar-refractivity contribution in [3.8, 4) is 0 Å². The number of hydrogen-bond acceptors (Lipinski definition) is 3. The summed E-state index contributed by atoms with van der Waals surface area (Å²) in [5.41, 5.74) is 0.705. The minimum atomic E-state index is -0.458. The van der Waals surface area contributed by atoms with E-state index in [2.05, 4.69) is 5.32 Å². The molecule has 1 aliphatic carbocycles. The Labute approximate surface area is 185 Å². The highest BCUT2D eigenvalue weighted by atomic mass is 16.2. The number of amides is 3. The lowest BCUT2D eigenvalue weighted by molar-refractivity contribution is -0.140. The van der Waals surface area contributed by atoms with Crippen LogP contribution in [-0.4, -0.2) is 59.7 Å². The Morgan fingerprint density at radius 1 is 0.774 bits per heavy atom. The first-order chi connectivity index (χ1) is 15.1. The van der Waals surface area contributed by atoms with Crippen LogP contribution in [0.15, 0.2) is 30.3 Å². The molecule has 0 aromatic heterocycles. The lowest BCUT2D eigenvalue weighted by atomic mass is 9.87. The van der Waals surface area contributed by atoms with E-state index in [0.29, 0.717) is 18.7 Å². The zero-order chi connectivity index (χ0) is 21.6. The van der Waals surface area contributed by atoms with Gasteiger partial charge in [0.15, 0.2) is 0 Å². The predicted octanol–water partition coefficient (Wildman–Crippen LogP) is 3.23. The fourth-order valence-corrected chi connectivity index (χ4v) is 5.35. The van der Waals surface area contributed by atoms with Gasteiger partial charge in [-0.05, 0) is 63.0 Å². The number of benzene rings is 1. The Kier molecular flexibility index (Phi) is 7.25. The normalized spacial score (nSPS) is 21.7. The van der Waals surface area contributed by atoms with Gasteiger partial charge in [0.05, 0.1) is 0 Å². The molecule has 6 nitrogen and oxygen atoms in total. The minimum Gasteiger partial charge on any atom is -0.344 e. The molecule has 4 rings (SSSR count). The quantitative estimate of drug-likeness (QED) is 0.787. The molecule has 1 atom stereocenters. The van der Waals surface area contributed by atoms with E-state index in [0.717, 1.165) is 64.5 Å². The smallest absolute Gasteiger partial charge is 0.253 e. The lowest BCUT2D eigenvalue weighted by Gasteiger charge is -2.39. The number of hydrogen-bond donors (Lipinski definition) is 1. The molecule has 2 heterocycles. The summed E-state index contributed by atoms with van der Waals surface area (Å²) in [7, 11) is 0. The molecule has 6 heteroatoms. The molecule has 2 saturated heterocycles. The van der Waals surface area contributed by atoms with Crippen LogP contribution in [0.25, 0.3) is 0 Å². The number of carbonyl (C=O) groups is 3. The number of likely N-dealkylation sites (tertiary alicyclic amines) is 2. The van der Waals surface area contributed by atoms with Crippen molar-refractivity contribution in [2.45, 2.75) is 63.8 Å². The maximum atomic E-state index is 13.4. The fraction of sp³-hybridized carbons (Fsp3) is 0.640. The van der Waals surface area contributed by atoms with Crippen LogP contribution in [0.3, 0.4) is 0 Å². The van der Waals surface area contributed by atoms with Gasteiger partial charge in [0.2, 0.25) is 11.8 Å². The SMILES string of the molecule is O=C(N[C@H](C(=O)N1CCCCC1)C1CCN(C(=O)c2ccccc2)CC1)C1CCCC1. The van der Waals surface area contributed by atoms with Gasteiger partial charge < -0.3 is 15.1 Å². The molecule has 31 heavy (non-hydrogen) atoms. The molecule has 0 spiro atoms. The van der Waals surface area contributed by atoms with E-state index in [1.807, 2.05) is 40.1 Å². The molecule has 1 N–H and O–H groups in total. The molecule has 1 aromatic carbocycles. The van der Waals surface area contributed by atoms with Crippen molar-refractivity contribution in [2.24, 2.45) is 11.8 Å². The minimum absolute atomic E-state index is 0.0490. The van der Waals surface area contributed by atoms with Gasteiger partial charge >= 0.3 is 0 Å². The summed E-state index contributed by atoms with van der Waals surface area (Å²) in [6.07, 6.45) is 8.80. The molecule has 0 unspecified atom stereocenters. The Morgan fingerprint density at radius 3 is 2.06 bits per heavy atom. The molecule has 3 amide bonds. The maximum absolute atomic E-state index is 13.4. The first kappa shape index (κ1) is 21.8. The van der Waals surface area contributed by atoms with Gasteiger partial charge in [-0.2, -0.15) is 0 Å². The summed E-state index contributed by atoms with van der Waals surface area (Å²) in [4.78, 5) is 42.9. The van der Waals surface area contributed by atoms with Crippen molar-refractivity contribution in [3.05, 3.63) is 35.9 Å². The summed E-state index contributed by atoms with van der Waals surface area (Å²) in [5.74, 6) is 0.318. The first-order valence-electron chi connectivity index (χ1n) is 12.1. The van der Waals surface area contributed by atoms with Crippen LogP contribution in [0.5, 0.6) is 0 Å². The average molecular weight is 426 g/mol. The van der Waals surface area contributed by atoms with Gasteiger partial charge in [-0.15, -0.1) is 0 Å². The topological polar surface area (TPSA) is 69.7 Å². The number of nitrogens with one attached hydrogen (secondary N) is 1. The van der Waals surface area contributed by atoms with Crippen LogP contribution >= 0.6 is 0 Å². The molecule has 168 valence electrons. The van der Waals surface area contributed by atoms with E-state index in [4.69, 9.17) is 0 Å². The monoisotopic (exact) mass is 425 g/mol. The van der Waals surface area contributed by atoms with Crippen LogP contribution in [0, 0.1) is 11.8 Å². The highest BCUT2D eigenvalue weighted by Gasteiger charge is 2.37. The van der Waals surface area contributed by atoms with E-state index in [1.165, 1.54) is 6.42 Å². The number of piperidine rings is 2. The molecule has 0 bridgehead atoms. The zero-order valence-electron chi connectivity index (χ0n) is 18.4. The van der Waals surface area contributed by atoms with Crippen molar-refractivity contribution in [1.82, 2.24) is 15.1 Å². The number of rotatable bonds is 5. The van der Waals surface area contributed by atoms with Crippen LogP contribution in [0.2, 0.25) is 0 Å². The van der Waals surface area contributed by atoms with Crippen molar-refractivity contribution < 1.29 is 14.4 Å². The summed E-state index contributed by atoms with van der Waals surface area (Å²) in [6, 6.07) is 8.91. The van der Waals surface area contributed by atoms with E-state index in [-0.39, 0.29) is 29.6 Å². The molecule has 3 fully saturated rings. The van der Waals surface area contributed by atoms with Crippen LogP contribution in [0.4, 0.5) is 0 Å². The van der Waals surface area contributed by atoms with Gasteiger partial charge in [0, 0.05) is 37.7 Å². The van der Waals surface area contributed by atoms with Crippen LogP contribution in [-0.2, 0) is 9.59 Å². The van der Waals surface area contributed by atoms with Gasteiger partial charge in [0.1, 0.15) is 6.04 Å². The van der Waals surface area contributed by atoms with Gasteiger partial charge in [-0.1, -0.05) is 31.0 Å². The average Bonchev–Trinajstić information content (AvgIpc) is 3.38. The lowest BCUT2D eigenvalue weighted by Crippen LogP contribution is -2.56. The number of carbonyl (C=O) groups excluding carboxylic acids is 3.